The molecule has 0 fully saturated rings. The van der Waals surface area contributed by atoms with Crippen molar-refractivity contribution in [3.8, 4) is 5.75 Å². The zero-order chi connectivity index (χ0) is 17.2. The van der Waals surface area contributed by atoms with Crippen LogP contribution in [0.5, 0.6) is 5.75 Å². The Kier molecular flexibility index (Phi) is 4.52. The van der Waals surface area contributed by atoms with Crippen LogP contribution in [0.15, 0.2) is 18.2 Å². The van der Waals surface area contributed by atoms with Gasteiger partial charge in [-0.3, -0.25) is 9.59 Å². The number of carbonyl (C=O) groups is 2. The molecule has 0 saturated heterocycles. The van der Waals surface area contributed by atoms with E-state index in [1.807, 2.05) is 0 Å². The molecule has 0 bridgehead atoms. The van der Waals surface area contributed by atoms with Crippen LogP contribution in [0.25, 0.3) is 0 Å². The number of halogens is 3. The summed E-state index contributed by atoms with van der Waals surface area (Å²) in [5.41, 5.74) is 11.5. The number of amides is 2. The van der Waals surface area contributed by atoms with E-state index in [0.29, 0.717) is 22.0 Å². The predicted molar refractivity (Wildman–Crippen MR) is 75.6 cm³/mol. The Morgan fingerprint density at radius 3 is 2.70 bits per heavy atom. The Morgan fingerprint density at radius 1 is 1.39 bits per heavy atom. The smallest absolute Gasteiger partial charge is 0.471 e. The summed E-state index contributed by atoms with van der Waals surface area (Å²) >= 11 is 0. The summed E-state index contributed by atoms with van der Waals surface area (Å²) in [6.07, 6.45) is -5.09. The van der Waals surface area contributed by atoms with Crippen molar-refractivity contribution in [2.24, 2.45) is 5.73 Å². The highest BCUT2D eigenvalue weighted by Gasteiger charge is 2.43. The Bertz CT molecular complexity index is 621. The Labute approximate surface area is 129 Å². The molecule has 1 heterocycles. The van der Waals surface area contributed by atoms with Crippen molar-refractivity contribution in [1.29, 1.82) is 0 Å². The van der Waals surface area contributed by atoms with Gasteiger partial charge in [-0.05, 0) is 18.2 Å². The first kappa shape index (κ1) is 16.7. The molecule has 1 aromatic carbocycles. The van der Waals surface area contributed by atoms with Crippen molar-refractivity contribution in [3.05, 3.63) is 18.2 Å². The lowest BCUT2D eigenvalue weighted by Gasteiger charge is -2.32. The average molecular weight is 332 g/mol. The summed E-state index contributed by atoms with van der Waals surface area (Å²) in [7, 11) is 0. The zero-order valence-electron chi connectivity index (χ0n) is 11.9. The van der Waals surface area contributed by atoms with E-state index in [0.717, 1.165) is 0 Å². The van der Waals surface area contributed by atoms with Gasteiger partial charge in [-0.25, -0.2) is 0 Å². The largest absolute Gasteiger partial charge is 0.489 e. The number of carbonyl (C=O) groups excluding carboxylic acids is 2. The van der Waals surface area contributed by atoms with E-state index in [2.05, 4.69) is 5.32 Å². The third-order valence-electron chi connectivity index (χ3n) is 3.12. The second-order valence-electron chi connectivity index (χ2n) is 5.06. The molecule has 1 aromatic rings. The summed E-state index contributed by atoms with van der Waals surface area (Å²) in [6, 6.07) is 4.16. The highest BCUT2D eigenvalue weighted by molar-refractivity contribution is 5.87. The highest BCUT2D eigenvalue weighted by Crippen LogP contribution is 2.31. The molecule has 126 valence electrons. The number of nitrogen functional groups attached to an aromatic ring is 1. The van der Waals surface area contributed by atoms with Crippen LogP contribution in [0.4, 0.5) is 24.5 Å². The zero-order valence-corrected chi connectivity index (χ0v) is 11.9. The highest BCUT2D eigenvalue weighted by atomic mass is 19.4. The van der Waals surface area contributed by atoms with E-state index in [-0.39, 0.29) is 6.61 Å². The number of benzene rings is 1. The molecule has 0 saturated carbocycles. The monoisotopic (exact) mass is 332 g/mol. The summed E-state index contributed by atoms with van der Waals surface area (Å²) in [4.78, 5) is 22.6. The molecule has 7 nitrogen and oxygen atoms in total. The maximum atomic E-state index is 12.6. The van der Waals surface area contributed by atoms with Crippen molar-refractivity contribution < 1.29 is 27.5 Å². The molecule has 1 aliphatic heterocycles. The maximum Gasteiger partial charge on any atom is 0.471 e. The quantitative estimate of drug-likeness (QED) is 0.688. The van der Waals surface area contributed by atoms with Crippen molar-refractivity contribution in [2.75, 3.05) is 30.7 Å². The molecule has 2 amide bonds. The lowest BCUT2D eigenvalue weighted by Crippen LogP contribution is -2.51. The molecule has 0 aromatic heterocycles. The van der Waals surface area contributed by atoms with Gasteiger partial charge in [-0.1, -0.05) is 0 Å². The fourth-order valence-corrected chi connectivity index (χ4v) is 2.19. The van der Waals surface area contributed by atoms with Gasteiger partial charge in [-0.2, -0.15) is 13.2 Å². The van der Waals surface area contributed by atoms with Gasteiger partial charge in [0.05, 0.1) is 18.3 Å². The predicted octanol–water partition coefficient (Wildman–Crippen LogP) is 0.318. The first-order valence-electron chi connectivity index (χ1n) is 6.60. The van der Waals surface area contributed by atoms with Gasteiger partial charge in [0, 0.05) is 12.2 Å². The number of nitrogens with two attached hydrogens (primary N) is 2. The molecule has 0 spiro atoms. The molecule has 5 N–H and O–H groups in total. The van der Waals surface area contributed by atoms with Crippen molar-refractivity contribution in [3.63, 3.8) is 0 Å². The number of hydrogen-bond donors (Lipinski definition) is 3. The Hall–Kier alpha value is -2.65. The van der Waals surface area contributed by atoms with E-state index in [1.165, 1.54) is 0 Å². The number of anilines is 2. The summed E-state index contributed by atoms with van der Waals surface area (Å²) in [6.45, 7) is -1.20. The maximum absolute atomic E-state index is 12.6. The molecule has 0 aliphatic carbocycles. The normalized spacial score (nSPS) is 16.7. The first-order chi connectivity index (χ1) is 10.7. The molecule has 10 heteroatoms. The van der Waals surface area contributed by atoms with Gasteiger partial charge in [0.25, 0.3) is 0 Å². The average Bonchev–Trinajstić information content (AvgIpc) is 2.43. The number of primary amides is 1. The molecular weight excluding hydrogens is 317 g/mol. The molecule has 23 heavy (non-hydrogen) atoms. The molecule has 1 aliphatic rings. The number of fused-ring (bicyclic) bond motifs is 1. The van der Waals surface area contributed by atoms with Crippen molar-refractivity contribution in [1.82, 2.24) is 4.90 Å². The van der Waals surface area contributed by atoms with Gasteiger partial charge < -0.3 is 26.4 Å². The fraction of sp³-hybridized carbons (Fsp3) is 0.385. The van der Waals surface area contributed by atoms with E-state index in [4.69, 9.17) is 16.2 Å². The Balaban J connectivity index is 2.11. The van der Waals surface area contributed by atoms with Crippen LogP contribution in [0.1, 0.15) is 0 Å². The topological polar surface area (TPSA) is 111 Å². The summed E-state index contributed by atoms with van der Waals surface area (Å²) in [5.74, 6) is -2.67. The third-order valence-corrected chi connectivity index (χ3v) is 3.12. The van der Waals surface area contributed by atoms with Crippen LogP contribution < -0.4 is 21.5 Å². The third kappa shape index (κ3) is 4.18. The SMILES string of the molecule is NC(=O)CN(CC1COc2ccc(N)cc2N1)C(=O)C(F)(F)F. The first-order valence-corrected chi connectivity index (χ1v) is 6.60. The molecule has 0 radical (unpaired) electrons. The van der Waals surface area contributed by atoms with Gasteiger partial charge in [0.1, 0.15) is 12.4 Å². The number of hydrogen-bond acceptors (Lipinski definition) is 5. The van der Waals surface area contributed by atoms with Crippen LogP contribution >= 0.6 is 0 Å². The second-order valence-corrected chi connectivity index (χ2v) is 5.06. The van der Waals surface area contributed by atoms with Gasteiger partial charge in [0.15, 0.2) is 0 Å². The fourth-order valence-electron chi connectivity index (χ4n) is 2.19. The molecule has 1 unspecified atom stereocenters. The Morgan fingerprint density at radius 2 is 2.09 bits per heavy atom. The minimum Gasteiger partial charge on any atom is -0.489 e. The lowest BCUT2D eigenvalue weighted by molar-refractivity contribution is -0.186. The number of ether oxygens (including phenoxy) is 1. The minimum absolute atomic E-state index is 0.0251. The number of rotatable bonds is 4. The van der Waals surface area contributed by atoms with Crippen LogP contribution in [-0.4, -0.2) is 48.6 Å². The van der Waals surface area contributed by atoms with Crippen molar-refractivity contribution >= 4 is 23.2 Å². The molecule has 1 atom stereocenters. The van der Waals surface area contributed by atoms with Gasteiger partial charge in [-0.15, -0.1) is 0 Å². The van der Waals surface area contributed by atoms with Crippen LogP contribution in [0.3, 0.4) is 0 Å². The van der Waals surface area contributed by atoms with Crippen LogP contribution in [0.2, 0.25) is 0 Å². The summed E-state index contributed by atoms with van der Waals surface area (Å²) < 4.78 is 43.2. The van der Waals surface area contributed by atoms with Gasteiger partial charge >= 0.3 is 12.1 Å². The van der Waals surface area contributed by atoms with E-state index >= 15 is 0 Å². The van der Waals surface area contributed by atoms with E-state index in [9.17, 15) is 22.8 Å². The second kappa shape index (κ2) is 6.23. The van der Waals surface area contributed by atoms with Gasteiger partial charge in [0.2, 0.25) is 5.91 Å². The molecule has 2 rings (SSSR count). The number of alkyl halides is 3. The van der Waals surface area contributed by atoms with Crippen LogP contribution in [-0.2, 0) is 9.59 Å². The van der Waals surface area contributed by atoms with E-state index in [1.54, 1.807) is 18.2 Å². The number of nitrogens with zero attached hydrogens (tertiary/aromatic N) is 1. The standard InChI is InChI=1S/C13H15F3N4O3/c14-13(15,16)12(22)20(5-11(18)21)4-8-6-23-10-2-1-7(17)3-9(10)19-8/h1-3,8,19H,4-6,17H2,(H2,18,21). The number of nitrogens with one attached hydrogen (secondary N) is 1. The summed E-state index contributed by atoms with van der Waals surface area (Å²) in [5, 5.41) is 2.93. The van der Waals surface area contributed by atoms with Crippen LogP contribution in [0, 0.1) is 0 Å². The minimum atomic E-state index is -5.09. The molecular formula is C13H15F3N4O3. The van der Waals surface area contributed by atoms with E-state index < -0.39 is 37.1 Å². The van der Waals surface area contributed by atoms with Crippen molar-refractivity contribution in [2.45, 2.75) is 12.2 Å². The lowest BCUT2D eigenvalue weighted by atomic mass is 10.2.